The maximum absolute atomic E-state index is 9.81. The molecule has 14 heavy (non-hydrogen) atoms. The third-order valence-electron chi connectivity index (χ3n) is 1.29. The molecule has 76 valence electrons. The molecule has 0 saturated carbocycles. The number of carbonyl (C=O) groups is 1. The Morgan fingerprint density at radius 1 is 1.36 bits per heavy atom. The molecule has 0 aliphatic heterocycles. The molecule has 0 radical (unpaired) electrons. The van der Waals surface area contributed by atoms with E-state index in [9.17, 15) is 14.9 Å². The summed E-state index contributed by atoms with van der Waals surface area (Å²) in [5.74, 6) is -0.412. The van der Waals surface area contributed by atoms with Crippen LogP contribution in [0.2, 0.25) is 0 Å². The third kappa shape index (κ3) is 8.39. The molecule has 0 amide bonds. The summed E-state index contributed by atoms with van der Waals surface area (Å²) in [5, 5.41) is 9.39. The Kier molecular flexibility index (Phi) is 5.94. The number of aryl methyl sites for hydroxylation is 1. The maximum Gasteiger partial charge on any atom is 0.260 e. The van der Waals surface area contributed by atoms with Crippen LogP contribution in [0.4, 0.5) is 0 Å². The second-order valence-electron chi connectivity index (χ2n) is 2.85. The number of nitro groups is 1. The van der Waals surface area contributed by atoms with Gasteiger partial charge in [-0.3, -0.25) is 14.9 Å². The molecule has 1 aromatic carbocycles. The van der Waals surface area contributed by atoms with Gasteiger partial charge in [-0.05, 0) is 6.92 Å². The van der Waals surface area contributed by atoms with E-state index >= 15 is 0 Å². The predicted octanol–water partition coefficient (Wildman–Crippen LogP) is 1.85. The highest BCUT2D eigenvalue weighted by Crippen LogP contribution is 1.92. The Morgan fingerprint density at radius 2 is 1.86 bits per heavy atom. The molecule has 0 atom stereocenters. The number of hydrogen-bond donors (Lipinski definition) is 0. The van der Waals surface area contributed by atoms with E-state index in [1.165, 1.54) is 12.5 Å². The lowest BCUT2D eigenvalue weighted by molar-refractivity contribution is -0.467. The topological polar surface area (TPSA) is 60.2 Å². The maximum atomic E-state index is 9.81. The number of Topliss-reactive ketones (excluding diaryl/α,β-unsaturated/α-hetero) is 1. The minimum Gasteiger partial charge on any atom is -0.293 e. The fraction of sp³-hybridized carbons (Fsp3) is 0.300. The van der Waals surface area contributed by atoms with Crippen molar-refractivity contribution in [1.82, 2.24) is 0 Å². The summed E-state index contributed by atoms with van der Waals surface area (Å²) < 4.78 is 0. The summed E-state index contributed by atoms with van der Waals surface area (Å²) in [6.45, 7) is 2.71. The van der Waals surface area contributed by atoms with Gasteiger partial charge < -0.3 is 0 Å². The van der Waals surface area contributed by atoms with Crippen LogP contribution in [0.25, 0.3) is 0 Å². The second kappa shape index (κ2) is 6.77. The van der Waals surface area contributed by atoms with Crippen molar-refractivity contribution in [2.24, 2.45) is 0 Å². The number of ketones is 1. The van der Waals surface area contributed by atoms with E-state index < -0.39 is 17.3 Å². The lowest BCUT2D eigenvalue weighted by Gasteiger charge is -1.82. The van der Waals surface area contributed by atoms with Crippen LogP contribution in [-0.2, 0) is 4.79 Å². The largest absolute Gasteiger partial charge is 0.293 e. The monoisotopic (exact) mass is 195 g/mol. The first-order valence-corrected chi connectivity index (χ1v) is 4.15. The van der Waals surface area contributed by atoms with Gasteiger partial charge in [0.15, 0.2) is 5.78 Å². The molecule has 4 heteroatoms. The zero-order chi connectivity index (χ0) is 11.0. The highest BCUT2D eigenvalue weighted by atomic mass is 16.6. The van der Waals surface area contributed by atoms with E-state index in [1.54, 1.807) is 0 Å². The Balaban J connectivity index is 0.000000241. The quantitative estimate of drug-likeness (QED) is 0.534. The highest BCUT2D eigenvalue weighted by Gasteiger charge is 1.99. The normalized spacial score (nSPS) is 8.43. The van der Waals surface area contributed by atoms with Gasteiger partial charge in [-0.1, -0.05) is 35.9 Å². The number of hydrogen-bond acceptors (Lipinski definition) is 3. The van der Waals surface area contributed by atoms with Gasteiger partial charge in [0.2, 0.25) is 0 Å². The van der Waals surface area contributed by atoms with Crippen molar-refractivity contribution in [2.75, 3.05) is 6.54 Å². The molecule has 0 aliphatic carbocycles. The highest BCUT2D eigenvalue weighted by molar-refractivity contribution is 5.76. The van der Waals surface area contributed by atoms with Gasteiger partial charge in [0.25, 0.3) is 6.54 Å². The van der Waals surface area contributed by atoms with Crippen molar-refractivity contribution < 1.29 is 9.72 Å². The van der Waals surface area contributed by atoms with Gasteiger partial charge in [0.1, 0.15) is 0 Å². The van der Waals surface area contributed by atoms with E-state index in [4.69, 9.17) is 0 Å². The number of benzene rings is 1. The van der Waals surface area contributed by atoms with Gasteiger partial charge in [-0.15, -0.1) is 0 Å². The van der Waals surface area contributed by atoms with Crippen LogP contribution in [0.3, 0.4) is 0 Å². The molecule has 0 fully saturated rings. The molecule has 1 aromatic rings. The van der Waals surface area contributed by atoms with E-state index in [1.807, 2.05) is 18.2 Å². The SMILES string of the molecule is CC(=O)C[N+](=O)[O-].Cc1ccccc1. The fourth-order valence-corrected chi connectivity index (χ4v) is 0.716. The molecule has 0 aromatic heterocycles. The van der Waals surface area contributed by atoms with Crippen molar-refractivity contribution in [3.63, 3.8) is 0 Å². The molecule has 0 unspecified atom stereocenters. The molecule has 0 aliphatic rings. The molecule has 4 nitrogen and oxygen atoms in total. The summed E-state index contributed by atoms with van der Waals surface area (Å²) in [5.41, 5.74) is 1.32. The van der Waals surface area contributed by atoms with E-state index in [0.717, 1.165) is 0 Å². The van der Waals surface area contributed by atoms with Gasteiger partial charge in [0, 0.05) is 11.8 Å². The zero-order valence-corrected chi connectivity index (χ0v) is 8.27. The summed E-state index contributed by atoms with van der Waals surface area (Å²) in [7, 11) is 0. The van der Waals surface area contributed by atoms with Gasteiger partial charge in [0.05, 0.1) is 0 Å². The summed E-state index contributed by atoms with van der Waals surface area (Å²) >= 11 is 0. The summed E-state index contributed by atoms with van der Waals surface area (Å²) in [6.07, 6.45) is 0. The number of rotatable bonds is 2. The van der Waals surface area contributed by atoms with Crippen LogP contribution in [0.5, 0.6) is 0 Å². The fourth-order valence-electron chi connectivity index (χ4n) is 0.716. The average Bonchev–Trinajstić information content (AvgIpc) is 2.03. The van der Waals surface area contributed by atoms with Crippen LogP contribution in [0.1, 0.15) is 12.5 Å². The number of carbonyl (C=O) groups excluding carboxylic acids is 1. The van der Waals surface area contributed by atoms with E-state index in [-0.39, 0.29) is 0 Å². The van der Waals surface area contributed by atoms with Gasteiger partial charge >= 0.3 is 0 Å². The van der Waals surface area contributed by atoms with Crippen molar-refractivity contribution in [3.05, 3.63) is 46.0 Å². The van der Waals surface area contributed by atoms with Crippen LogP contribution in [0, 0.1) is 17.0 Å². The third-order valence-corrected chi connectivity index (χ3v) is 1.29. The van der Waals surface area contributed by atoms with Gasteiger partial charge in [-0.2, -0.15) is 0 Å². The van der Waals surface area contributed by atoms with Crippen molar-refractivity contribution in [3.8, 4) is 0 Å². The first-order chi connectivity index (χ1) is 6.52. The Hall–Kier alpha value is -1.71. The van der Waals surface area contributed by atoms with Gasteiger partial charge in [-0.25, -0.2) is 0 Å². The second-order valence-corrected chi connectivity index (χ2v) is 2.85. The Bertz CT molecular complexity index is 283. The minimum atomic E-state index is -0.650. The molecule has 0 N–H and O–H groups in total. The standard InChI is InChI=1S/C7H8.C3H5NO3/c1-7-5-3-2-4-6-7;1-3(5)2-4(6)7/h2-6H,1H3;2H2,1H3. The van der Waals surface area contributed by atoms with E-state index in [0.29, 0.717) is 0 Å². The molecule has 0 heterocycles. The Morgan fingerprint density at radius 3 is 2.00 bits per heavy atom. The van der Waals surface area contributed by atoms with Crippen LogP contribution < -0.4 is 0 Å². The molecule has 0 saturated heterocycles. The van der Waals surface area contributed by atoms with Crippen molar-refractivity contribution in [1.29, 1.82) is 0 Å². The average molecular weight is 195 g/mol. The smallest absolute Gasteiger partial charge is 0.260 e. The van der Waals surface area contributed by atoms with Crippen LogP contribution >= 0.6 is 0 Å². The summed E-state index contributed by atoms with van der Waals surface area (Å²) in [6, 6.07) is 10.3. The number of nitrogens with zero attached hydrogens (tertiary/aromatic N) is 1. The van der Waals surface area contributed by atoms with E-state index in [2.05, 4.69) is 19.1 Å². The van der Waals surface area contributed by atoms with Crippen LogP contribution in [-0.4, -0.2) is 17.3 Å². The Labute approximate surface area is 82.7 Å². The molecular weight excluding hydrogens is 182 g/mol. The van der Waals surface area contributed by atoms with Crippen LogP contribution in [0.15, 0.2) is 30.3 Å². The van der Waals surface area contributed by atoms with Crippen molar-refractivity contribution >= 4 is 5.78 Å². The molecule has 0 spiro atoms. The first-order valence-electron chi connectivity index (χ1n) is 4.15. The zero-order valence-electron chi connectivity index (χ0n) is 8.27. The van der Waals surface area contributed by atoms with Crippen molar-refractivity contribution in [2.45, 2.75) is 13.8 Å². The lowest BCUT2D eigenvalue weighted by atomic mass is 10.2. The predicted molar refractivity (Wildman–Crippen MR) is 53.7 cm³/mol. The first kappa shape index (κ1) is 12.3. The molecule has 1 rings (SSSR count). The molecule has 0 bridgehead atoms. The summed E-state index contributed by atoms with van der Waals surface area (Å²) in [4.78, 5) is 18.6. The molecular formula is C10H13NO3. The minimum absolute atomic E-state index is 0.412. The lowest BCUT2D eigenvalue weighted by Crippen LogP contribution is -2.08.